The maximum atomic E-state index is 12.3. The van der Waals surface area contributed by atoms with Crippen LogP contribution in [0, 0.1) is 0 Å². The van der Waals surface area contributed by atoms with E-state index in [0.717, 1.165) is 13.7 Å². The number of likely N-dealkylation sites (N-methyl/N-ethyl adjacent to an activating group) is 1. The molecule has 1 aromatic heterocycles. The second-order valence-electron chi connectivity index (χ2n) is 4.52. The first-order valence-corrected chi connectivity index (χ1v) is 9.58. The van der Waals surface area contributed by atoms with Gasteiger partial charge in [0.1, 0.15) is 0 Å². The van der Waals surface area contributed by atoms with E-state index in [4.69, 9.17) is 0 Å². The standard InChI is InChI=1S/C14H14BrN3O3S2/c1-18(23(20,21)13-6-4-11(15)5-7-13)10-14(19)17-16-9-12-3-2-8-22-12/h2-9H,10H2,1H3,(H,17,19)/b16-9-. The minimum atomic E-state index is -3.72. The van der Waals surface area contributed by atoms with Crippen molar-refractivity contribution in [3.63, 3.8) is 0 Å². The Morgan fingerprint density at radius 3 is 2.65 bits per heavy atom. The van der Waals surface area contributed by atoms with Crippen LogP contribution in [0.25, 0.3) is 0 Å². The van der Waals surface area contributed by atoms with Gasteiger partial charge in [-0.2, -0.15) is 9.41 Å². The number of nitrogens with one attached hydrogen (secondary N) is 1. The summed E-state index contributed by atoms with van der Waals surface area (Å²) < 4.78 is 26.4. The largest absolute Gasteiger partial charge is 0.272 e. The molecule has 0 atom stereocenters. The molecule has 1 aromatic carbocycles. The van der Waals surface area contributed by atoms with Crippen molar-refractivity contribution >= 4 is 49.4 Å². The van der Waals surface area contributed by atoms with Crippen molar-refractivity contribution < 1.29 is 13.2 Å². The molecule has 2 rings (SSSR count). The Morgan fingerprint density at radius 1 is 1.35 bits per heavy atom. The van der Waals surface area contributed by atoms with Gasteiger partial charge in [-0.1, -0.05) is 22.0 Å². The number of carbonyl (C=O) groups excluding carboxylic acids is 1. The maximum absolute atomic E-state index is 12.3. The first-order valence-electron chi connectivity index (χ1n) is 6.47. The molecule has 1 heterocycles. The molecule has 1 N–H and O–H groups in total. The number of benzene rings is 1. The number of rotatable bonds is 6. The predicted molar refractivity (Wildman–Crippen MR) is 94.0 cm³/mol. The molecule has 0 saturated carbocycles. The Kier molecular flexibility index (Phi) is 6.05. The van der Waals surface area contributed by atoms with Crippen LogP contribution in [-0.4, -0.2) is 38.4 Å². The van der Waals surface area contributed by atoms with Crippen molar-refractivity contribution in [2.75, 3.05) is 13.6 Å². The third-order valence-corrected chi connectivity index (χ3v) is 5.97. The third kappa shape index (κ3) is 4.96. The molecule has 1 amide bonds. The van der Waals surface area contributed by atoms with Crippen molar-refractivity contribution in [1.82, 2.24) is 9.73 Å². The van der Waals surface area contributed by atoms with Gasteiger partial charge < -0.3 is 0 Å². The van der Waals surface area contributed by atoms with Crippen LogP contribution in [0.15, 0.2) is 56.2 Å². The summed E-state index contributed by atoms with van der Waals surface area (Å²) in [5.41, 5.74) is 2.31. The minimum absolute atomic E-state index is 0.123. The lowest BCUT2D eigenvalue weighted by Gasteiger charge is -2.16. The first kappa shape index (κ1) is 17.8. The van der Waals surface area contributed by atoms with Crippen LogP contribution in [0.2, 0.25) is 0 Å². The van der Waals surface area contributed by atoms with Crippen LogP contribution >= 0.6 is 27.3 Å². The Hall–Kier alpha value is -1.55. The van der Waals surface area contributed by atoms with Crippen LogP contribution in [0.1, 0.15) is 4.88 Å². The quantitative estimate of drug-likeness (QED) is 0.580. The number of nitrogens with zero attached hydrogens (tertiary/aromatic N) is 2. The topological polar surface area (TPSA) is 78.8 Å². The fourth-order valence-corrected chi connectivity index (χ4v) is 3.62. The summed E-state index contributed by atoms with van der Waals surface area (Å²) in [6.45, 7) is -0.319. The van der Waals surface area contributed by atoms with E-state index in [9.17, 15) is 13.2 Å². The Labute approximate surface area is 147 Å². The molecular formula is C14H14BrN3O3S2. The molecule has 0 aliphatic heterocycles. The summed E-state index contributed by atoms with van der Waals surface area (Å²) in [5.74, 6) is -0.513. The summed E-state index contributed by atoms with van der Waals surface area (Å²) in [4.78, 5) is 12.8. The van der Waals surface area contributed by atoms with Gasteiger partial charge in [-0.3, -0.25) is 4.79 Å². The Balaban J connectivity index is 1.96. The Morgan fingerprint density at radius 2 is 2.04 bits per heavy atom. The van der Waals surface area contributed by atoms with E-state index in [1.54, 1.807) is 12.1 Å². The lowest BCUT2D eigenvalue weighted by molar-refractivity contribution is -0.121. The van der Waals surface area contributed by atoms with Gasteiger partial charge in [-0.15, -0.1) is 11.3 Å². The monoisotopic (exact) mass is 415 g/mol. The lowest BCUT2D eigenvalue weighted by Crippen LogP contribution is -2.36. The van der Waals surface area contributed by atoms with Gasteiger partial charge in [-0.05, 0) is 35.7 Å². The fraction of sp³-hybridized carbons (Fsp3) is 0.143. The van der Waals surface area contributed by atoms with E-state index >= 15 is 0 Å². The molecule has 0 fully saturated rings. The number of sulfonamides is 1. The van der Waals surface area contributed by atoms with Gasteiger partial charge in [0.05, 0.1) is 17.7 Å². The highest BCUT2D eigenvalue weighted by atomic mass is 79.9. The van der Waals surface area contributed by atoms with Gasteiger partial charge in [-0.25, -0.2) is 13.8 Å². The molecule has 0 radical (unpaired) electrons. The number of carbonyl (C=O) groups is 1. The van der Waals surface area contributed by atoms with Crippen molar-refractivity contribution in [3.05, 3.63) is 51.1 Å². The van der Waals surface area contributed by atoms with E-state index in [1.807, 2.05) is 17.5 Å². The summed E-state index contributed by atoms with van der Waals surface area (Å²) in [6.07, 6.45) is 1.51. The molecule has 0 aliphatic carbocycles. The zero-order chi connectivity index (χ0) is 16.9. The summed E-state index contributed by atoms with van der Waals surface area (Å²) >= 11 is 4.73. The third-order valence-electron chi connectivity index (χ3n) is 2.81. The van der Waals surface area contributed by atoms with E-state index in [2.05, 4.69) is 26.5 Å². The summed E-state index contributed by atoms with van der Waals surface area (Å²) in [5, 5.41) is 5.68. The second kappa shape index (κ2) is 7.82. The maximum Gasteiger partial charge on any atom is 0.255 e. The highest BCUT2D eigenvalue weighted by molar-refractivity contribution is 9.10. The molecule has 0 unspecified atom stereocenters. The molecule has 9 heteroatoms. The second-order valence-corrected chi connectivity index (χ2v) is 8.46. The molecule has 122 valence electrons. The van der Waals surface area contributed by atoms with Crippen molar-refractivity contribution in [1.29, 1.82) is 0 Å². The Bertz CT molecular complexity index is 787. The molecule has 0 bridgehead atoms. The predicted octanol–water partition coefficient (Wildman–Crippen LogP) is 2.28. The highest BCUT2D eigenvalue weighted by Crippen LogP contribution is 2.17. The smallest absolute Gasteiger partial charge is 0.255 e. The lowest BCUT2D eigenvalue weighted by atomic mass is 10.4. The van der Waals surface area contributed by atoms with Crippen LogP contribution < -0.4 is 5.43 Å². The van der Waals surface area contributed by atoms with Gasteiger partial charge >= 0.3 is 0 Å². The van der Waals surface area contributed by atoms with Crippen LogP contribution in [-0.2, 0) is 14.8 Å². The van der Waals surface area contributed by atoms with Crippen LogP contribution in [0.5, 0.6) is 0 Å². The summed E-state index contributed by atoms with van der Waals surface area (Å²) in [7, 11) is -2.37. The number of amides is 1. The van der Waals surface area contributed by atoms with Crippen molar-refractivity contribution in [2.24, 2.45) is 5.10 Å². The van der Waals surface area contributed by atoms with Crippen LogP contribution in [0.3, 0.4) is 0 Å². The van der Waals surface area contributed by atoms with Crippen LogP contribution in [0.4, 0.5) is 0 Å². The minimum Gasteiger partial charge on any atom is -0.272 e. The summed E-state index contributed by atoms with van der Waals surface area (Å²) in [6, 6.07) is 9.93. The number of hydrazone groups is 1. The molecule has 0 aliphatic rings. The van der Waals surface area contributed by atoms with E-state index < -0.39 is 15.9 Å². The molecule has 23 heavy (non-hydrogen) atoms. The van der Waals surface area contributed by atoms with Gasteiger partial charge in [0.2, 0.25) is 10.0 Å². The molecule has 2 aromatic rings. The normalized spacial score (nSPS) is 12.0. The van der Waals surface area contributed by atoms with E-state index in [1.165, 1.54) is 36.7 Å². The molecular weight excluding hydrogens is 402 g/mol. The molecule has 0 saturated heterocycles. The molecule has 6 nitrogen and oxygen atoms in total. The molecule has 0 spiro atoms. The fourth-order valence-electron chi connectivity index (χ4n) is 1.64. The first-order chi connectivity index (χ1) is 10.9. The zero-order valence-corrected chi connectivity index (χ0v) is 15.4. The van der Waals surface area contributed by atoms with Gasteiger partial charge in [0.25, 0.3) is 5.91 Å². The average Bonchev–Trinajstić information content (AvgIpc) is 3.01. The highest BCUT2D eigenvalue weighted by Gasteiger charge is 2.22. The zero-order valence-electron chi connectivity index (χ0n) is 12.1. The number of hydrogen-bond acceptors (Lipinski definition) is 5. The van der Waals surface area contributed by atoms with Crippen molar-refractivity contribution in [3.8, 4) is 0 Å². The average molecular weight is 416 g/mol. The van der Waals surface area contributed by atoms with Gasteiger partial charge in [0, 0.05) is 16.4 Å². The van der Waals surface area contributed by atoms with Crippen molar-refractivity contribution in [2.45, 2.75) is 4.90 Å². The number of thiophene rings is 1. The SMILES string of the molecule is CN(CC(=O)N/N=C\c1cccs1)S(=O)(=O)c1ccc(Br)cc1. The van der Waals surface area contributed by atoms with Gasteiger partial charge in [0.15, 0.2) is 0 Å². The van der Waals surface area contributed by atoms with E-state index in [-0.39, 0.29) is 11.4 Å². The number of hydrogen-bond donors (Lipinski definition) is 1. The number of halogens is 1. The van der Waals surface area contributed by atoms with E-state index in [0.29, 0.717) is 0 Å².